The number of aromatic amines is 1. The maximum atomic E-state index is 5.88. The van der Waals surface area contributed by atoms with Gasteiger partial charge in [0.05, 0.1) is 10.5 Å². The van der Waals surface area contributed by atoms with E-state index < -0.39 is 0 Å². The van der Waals surface area contributed by atoms with Gasteiger partial charge in [-0.05, 0) is 25.1 Å². The van der Waals surface area contributed by atoms with Gasteiger partial charge >= 0.3 is 0 Å². The van der Waals surface area contributed by atoms with Crippen molar-refractivity contribution >= 4 is 34.4 Å². The molecule has 0 atom stereocenters. The Kier molecular flexibility index (Phi) is 2.34. The van der Waals surface area contributed by atoms with Crippen molar-refractivity contribution in [2.45, 2.75) is 6.92 Å². The van der Waals surface area contributed by atoms with Crippen LogP contribution in [0.5, 0.6) is 0 Å². The molecule has 4 nitrogen and oxygen atoms in total. The van der Waals surface area contributed by atoms with Gasteiger partial charge < -0.3 is 9.40 Å². The summed E-state index contributed by atoms with van der Waals surface area (Å²) in [6, 6.07) is 5.41. The van der Waals surface area contributed by atoms with Crippen LogP contribution in [-0.4, -0.2) is 15.0 Å². The fourth-order valence-electron chi connectivity index (χ4n) is 1.57. The first-order valence-electron chi connectivity index (χ1n) is 4.92. The smallest absolute Gasteiger partial charge is 0.179 e. The minimum absolute atomic E-state index is 0.243. The first-order valence-corrected chi connectivity index (χ1v) is 5.67. The molecule has 3 rings (SSSR count). The third kappa shape index (κ3) is 1.79. The van der Waals surface area contributed by atoms with Crippen LogP contribution >= 0.6 is 23.2 Å². The number of hydrogen-bond acceptors (Lipinski definition) is 3. The summed E-state index contributed by atoms with van der Waals surface area (Å²) in [4.78, 5) is 11.5. The number of nitrogens with one attached hydrogen (secondary N) is 1. The molecule has 0 saturated carbocycles. The third-order valence-electron chi connectivity index (χ3n) is 2.36. The first-order chi connectivity index (χ1) is 8.13. The van der Waals surface area contributed by atoms with Crippen molar-refractivity contribution in [2.75, 3.05) is 0 Å². The van der Waals surface area contributed by atoms with Gasteiger partial charge in [0.25, 0.3) is 0 Å². The van der Waals surface area contributed by atoms with Gasteiger partial charge in [0, 0.05) is 0 Å². The number of pyridine rings is 1. The molecular formula is C11H7Cl2N3O. The van der Waals surface area contributed by atoms with E-state index in [-0.39, 0.29) is 5.15 Å². The van der Waals surface area contributed by atoms with Crippen LogP contribution in [0.25, 0.3) is 22.7 Å². The number of imidazole rings is 1. The molecule has 0 aliphatic carbocycles. The molecule has 0 saturated heterocycles. The van der Waals surface area contributed by atoms with Crippen molar-refractivity contribution in [2.24, 2.45) is 0 Å². The maximum absolute atomic E-state index is 5.88. The highest BCUT2D eigenvalue weighted by atomic mass is 35.5. The van der Waals surface area contributed by atoms with Crippen molar-refractivity contribution in [3.05, 3.63) is 34.1 Å². The van der Waals surface area contributed by atoms with E-state index in [2.05, 4.69) is 15.0 Å². The molecule has 0 radical (unpaired) electrons. The van der Waals surface area contributed by atoms with Gasteiger partial charge in [-0.3, -0.25) is 0 Å². The molecule has 3 heterocycles. The lowest BCUT2D eigenvalue weighted by Crippen LogP contribution is -1.79. The van der Waals surface area contributed by atoms with E-state index in [1.807, 2.05) is 19.1 Å². The van der Waals surface area contributed by atoms with Crippen LogP contribution in [0.3, 0.4) is 0 Å². The largest absolute Gasteiger partial charge is 0.458 e. The Balaban J connectivity index is 2.19. The fraction of sp³-hybridized carbons (Fsp3) is 0.0909. The molecule has 3 aromatic heterocycles. The monoisotopic (exact) mass is 267 g/mol. The minimum Gasteiger partial charge on any atom is -0.458 e. The van der Waals surface area contributed by atoms with E-state index in [1.165, 1.54) is 0 Å². The van der Waals surface area contributed by atoms with Gasteiger partial charge in [0.15, 0.2) is 17.2 Å². The molecule has 6 heteroatoms. The van der Waals surface area contributed by atoms with Crippen LogP contribution in [0, 0.1) is 6.92 Å². The average Bonchev–Trinajstić information content (AvgIpc) is 2.85. The zero-order chi connectivity index (χ0) is 12.0. The van der Waals surface area contributed by atoms with Gasteiger partial charge in [-0.25, -0.2) is 9.97 Å². The van der Waals surface area contributed by atoms with Crippen molar-refractivity contribution in [1.82, 2.24) is 15.0 Å². The number of H-pyrrole nitrogens is 1. The standard InChI is InChI=1S/C11H7Cl2N3O/c1-5-2-3-8(17-5)11-14-7-4-6(12)9(13)15-10(7)16-11/h2-4H,1H3,(H,14,15,16). The summed E-state index contributed by atoms with van der Waals surface area (Å²) in [7, 11) is 0. The van der Waals surface area contributed by atoms with E-state index in [0.717, 1.165) is 11.3 Å². The number of fused-ring (bicyclic) bond motifs is 1. The Morgan fingerprint density at radius 3 is 2.76 bits per heavy atom. The zero-order valence-electron chi connectivity index (χ0n) is 8.79. The summed E-state index contributed by atoms with van der Waals surface area (Å²) in [5.41, 5.74) is 1.24. The number of furan rings is 1. The molecule has 0 fully saturated rings. The molecule has 0 unspecified atom stereocenters. The predicted octanol–water partition coefficient (Wildman–Crippen LogP) is 3.83. The Bertz CT molecular complexity index is 663. The first kappa shape index (κ1) is 10.6. The van der Waals surface area contributed by atoms with Crippen LogP contribution in [0.1, 0.15) is 5.76 Å². The molecule has 0 aromatic carbocycles. The summed E-state index contributed by atoms with van der Waals surface area (Å²) >= 11 is 11.7. The van der Waals surface area contributed by atoms with Crippen molar-refractivity contribution in [3.63, 3.8) is 0 Å². The molecule has 3 aromatic rings. The SMILES string of the molecule is Cc1ccc(-c2nc3nc(Cl)c(Cl)cc3[nH]2)o1. The molecular weight excluding hydrogens is 261 g/mol. The highest BCUT2D eigenvalue weighted by Gasteiger charge is 2.11. The van der Waals surface area contributed by atoms with Crippen LogP contribution in [0.15, 0.2) is 22.6 Å². The van der Waals surface area contributed by atoms with Crippen molar-refractivity contribution in [3.8, 4) is 11.6 Å². The summed E-state index contributed by atoms with van der Waals surface area (Å²) < 4.78 is 5.47. The Morgan fingerprint density at radius 1 is 1.24 bits per heavy atom. The van der Waals surface area contributed by atoms with E-state index in [9.17, 15) is 0 Å². The normalized spacial score (nSPS) is 11.2. The molecule has 0 aliphatic heterocycles. The predicted molar refractivity (Wildman–Crippen MR) is 66.3 cm³/mol. The number of nitrogens with zero attached hydrogens (tertiary/aromatic N) is 2. The number of hydrogen-bond donors (Lipinski definition) is 1. The van der Waals surface area contributed by atoms with Crippen LogP contribution < -0.4 is 0 Å². The lowest BCUT2D eigenvalue weighted by molar-refractivity contribution is 0.545. The lowest BCUT2D eigenvalue weighted by atomic mass is 10.4. The van der Waals surface area contributed by atoms with Crippen LogP contribution in [0.4, 0.5) is 0 Å². The Labute approximate surface area is 107 Å². The summed E-state index contributed by atoms with van der Waals surface area (Å²) in [6.07, 6.45) is 0. The highest BCUT2D eigenvalue weighted by Crippen LogP contribution is 2.26. The van der Waals surface area contributed by atoms with Crippen LogP contribution in [0.2, 0.25) is 10.2 Å². The zero-order valence-corrected chi connectivity index (χ0v) is 10.3. The van der Waals surface area contributed by atoms with E-state index in [4.69, 9.17) is 27.6 Å². The molecule has 86 valence electrons. The summed E-state index contributed by atoms with van der Waals surface area (Å²) in [5.74, 6) is 2.09. The third-order valence-corrected chi connectivity index (χ3v) is 3.03. The maximum Gasteiger partial charge on any atom is 0.179 e. The molecule has 1 N–H and O–H groups in total. The second-order valence-electron chi connectivity index (χ2n) is 3.63. The molecule has 17 heavy (non-hydrogen) atoms. The van der Waals surface area contributed by atoms with Gasteiger partial charge in [0.1, 0.15) is 10.9 Å². The second kappa shape index (κ2) is 3.75. The minimum atomic E-state index is 0.243. The van der Waals surface area contributed by atoms with E-state index in [0.29, 0.717) is 22.3 Å². The van der Waals surface area contributed by atoms with Crippen molar-refractivity contribution < 1.29 is 4.42 Å². The molecule has 0 amide bonds. The van der Waals surface area contributed by atoms with E-state index in [1.54, 1.807) is 6.07 Å². The second-order valence-corrected chi connectivity index (χ2v) is 4.39. The van der Waals surface area contributed by atoms with Crippen LogP contribution in [-0.2, 0) is 0 Å². The highest BCUT2D eigenvalue weighted by molar-refractivity contribution is 6.41. The van der Waals surface area contributed by atoms with Gasteiger partial charge in [-0.1, -0.05) is 23.2 Å². The topological polar surface area (TPSA) is 54.7 Å². The summed E-state index contributed by atoms with van der Waals surface area (Å²) in [6.45, 7) is 1.87. The quantitative estimate of drug-likeness (QED) is 0.682. The molecule has 0 bridgehead atoms. The lowest BCUT2D eigenvalue weighted by Gasteiger charge is -1.92. The Morgan fingerprint density at radius 2 is 2.06 bits per heavy atom. The van der Waals surface area contributed by atoms with Crippen molar-refractivity contribution in [1.29, 1.82) is 0 Å². The van der Waals surface area contributed by atoms with Gasteiger partial charge in [-0.15, -0.1) is 0 Å². The number of rotatable bonds is 1. The van der Waals surface area contributed by atoms with E-state index >= 15 is 0 Å². The number of halogens is 2. The number of aromatic nitrogens is 3. The Hall–Kier alpha value is -1.52. The molecule has 0 spiro atoms. The van der Waals surface area contributed by atoms with Gasteiger partial charge in [-0.2, -0.15) is 0 Å². The number of aryl methyl sites for hydroxylation is 1. The summed E-state index contributed by atoms with van der Waals surface area (Å²) in [5, 5.41) is 0.637. The fourth-order valence-corrected chi connectivity index (χ4v) is 1.86. The molecule has 0 aliphatic rings. The average molecular weight is 268 g/mol. The van der Waals surface area contributed by atoms with Gasteiger partial charge in [0.2, 0.25) is 0 Å².